The van der Waals surface area contributed by atoms with E-state index in [-0.39, 0.29) is 0 Å². The highest BCUT2D eigenvalue weighted by atomic mass is 32.2. The lowest BCUT2D eigenvalue weighted by molar-refractivity contribution is 0.196. The summed E-state index contributed by atoms with van der Waals surface area (Å²) in [5.41, 5.74) is 6.63. The number of rotatable bonds is 4. The molecule has 0 radical (unpaired) electrons. The Kier molecular flexibility index (Phi) is 5.07. The summed E-state index contributed by atoms with van der Waals surface area (Å²) in [5, 5.41) is 0. The van der Waals surface area contributed by atoms with E-state index in [4.69, 9.17) is 5.73 Å². The topological polar surface area (TPSA) is 63.4 Å². The highest BCUT2D eigenvalue weighted by molar-refractivity contribution is 7.89. The number of aryl methyl sites for hydroxylation is 1. The summed E-state index contributed by atoms with van der Waals surface area (Å²) < 4.78 is 27.3. The summed E-state index contributed by atoms with van der Waals surface area (Å²) in [4.78, 5) is 0.354. The summed E-state index contributed by atoms with van der Waals surface area (Å²) in [6.45, 7) is 2.33. The number of hydrogen-bond acceptors (Lipinski definition) is 3. The molecule has 0 aliphatic heterocycles. The molecule has 0 amide bonds. The van der Waals surface area contributed by atoms with Crippen molar-refractivity contribution in [1.29, 1.82) is 0 Å². The van der Waals surface area contributed by atoms with Crippen LogP contribution in [0.3, 0.4) is 0 Å². The maximum absolute atomic E-state index is 12.9. The molecule has 2 rings (SSSR count). The van der Waals surface area contributed by atoms with Gasteiger partial charge < -0.3 is 5.73 Å². The van der Waals surface area contributed by atoms with Crippen molar-refractivity contribution in [2.75, 3.05) is 13.6 Å². The van der Waals surface area contributed by atoms with Crippen molar-refractivity contribution in [3.05, 3.63) is 29.8 Å². The van der Waals surface area contributed by atoms with Crippen molar-refractivity contribution in [2.24, 2.45) is 5.73 Å². The van der Waals surface area contributed by atoms with Crippen LogP contribution >= 0.6 is 0 Å². The maximum Gasteiger partial charge on any atom is 0.243 e. The van der Waals surface area contributed by atoms with E-state index in [1.807, 2.05) is 19.1 Å². The van der Waals surface area contributed by atoms with Crippen molar-refractivity contribution >= 4 is 10.0 Å². The van der Waals surface area contributed by atoms with Gasteiger partial charge in [-0.05, 0) is 31.9 Å². The number of likely N-dealkylation sites (N-methyl/N-ethyl adjacent to an activating group) is 1. The number of benzene rings is 1. The predicted molar refractivity (Wildman–Crippen MR) is 85.6 cm³/mol. The molecule has 0 aromatic heterocycles. The van der Waals surface area contributed by atoms with Crippen molar-refractivity contribution in [3.63, 3.8) is 0 Å². The zero-order chi connectivity index (χ0) is 15.5. The van der Waals surface area contributed by atoms with Gasteiger partial charge in [0.05, 0.1) is 4.90 Å². The molecule has 2 N–H and O–H groups in total. The van der Waals surface area contributed by atoms with E-state index >= 15 is 0 Å². The summed E-state index contributed by atoms with van der Waals surface area (Å²) >= 11 is 0. The Bertz CT molecular complexity index is 558. The number of hydrogen-bond donors (Lipinski definition) is 1. The minimum atomic E-state index is -3.49. The van der Waals surface area contributed by atoms with Gasteiger partial charge in [-0.15, -0.1) is 0 Å². The fourth-order valence-corrected chi connectivity index (χ4v) is 4.72. The van der Waals surface area contributed by atoms with Crippen molar-refractivity contribution in [2.45, 2.75) is 55.9 Å². The van der Waals surface area contributed by atoms with E-state index in [1.165, 1.54) is 17.1 Å². The molecule has 21 heavy (non-hydrogen) atoms. The van der Waals surface area contributed by atoms with E-state index in [2.05, 4.69) is 0 Å². The maximum atomic E-state index is 12.9. The van der Waals surface area contributed by atoms with Gasteiger partial charge in [-0.25, -0.2) is 8.42 Å². The Morgan fingerprint density at radius 1 is 1.10 bits per heavy atom. The zero-order valence-electron chi connectivity index (χ0n) is 13.0. The van der Waals surface area contributed by atoms with Crippen LogP contribution in [0.15, 0.2) is 29.2 Å². The average molecular weight is 310 g/mol. The molecule has 1 saturated carbocycles. The molecular formula is C16H26N2O2S. The van der Waals surface area contributed by atoms with Gasteiger partial charge in [0.15, 0.2) is 0 Å². The number of nitrogens with zero attached hydrogens (tertiary/aromatic N) is 1. The molecule has 0 spiro atoms. The van der Waals surface area contributed by atoms with E-state index in [0.29, 0.717) is 11.4 Å². The van der Waals surface area contributed by atoms with Gasteiger partial charge in [-0.3, -0.25) is 0 Å². The minimum absolute atomic E-state index is 0.354. The number of nitrogens with two attached hydrogens (primary N) is 1. The second-order valence-electron chi connectivity index (χ2n) is 6.13. The van der Waals surface area contributed by atoms with Gasteiger partial charge >= 0.3 is 0 Å². The highest BCUT2D eigenvalue weighted by Gasteiger charge is 2.40. The average Bonchev–Trinajstić information content (AvgIpc) is 2.73. The van der Waals surface area contributed by atoms with Crippen LogP contribution in [0.2, 0.25) is 0 Å². The summed E-state index contributed by atoms with van der Waals surface area (Å²) in [5.74, 6) is 0. The zero-order valence-corrected chi connectivity index (χ0v) is 13.8. The molecule has 0 heterocycles. The largest absolute Gasteiger partial charge is 0.329 e. The smallest absolute Gasteiger partial charge is 0.243 e. The van der Waals surface area contributed by atoms with Gasteiger partial charge in [-0.2, -0.15) is 4.31 Å². The lowest BCUT2D eigenvalue weighted by Crippen LogP contribution is -2.54. The van der Waals surface area contributed by atoms with Gasteiger partial charge in [-0.1, -0.05) is 43.4 Å². The van der Waals surface area contributed by atoms with Crippen LogP contribution in [0.5, 0.6) is 0 Å². The minimum Gasteiger partial charge on any atom is -0.329 e. The molecule has 1 fully saturated rings. The molecule has 0 unspecified atom stereocenters. The highest BCUT2D eigenvalue weighted by Crippen LogP contribution is 2.34. The van der Waals surface area contributed by atoms with Gasteiger partial charge in [0.1, 0.15) is 0 Å². The monoisotopic (exact) mass is 310 g/mol. The van der Waals surface area contributed by atoms with Gasteiger partial charge in [0, 0.05) is 19.1 Å². The standard InChI is InChI=1S/C16H26N2O2S/c1-14-7-9-15(10-8-14)21(19,20)18(2)16(13-17)11-5-3-4-6-12-16/h7-10H,3-6,11-13,17H2,1-2H3. The van der Waals surface area contributed by atoms with Crippen molar-refractivity contribution in [3.8, 4) is 0 Å². The van der Waals surface area contributed by atoms with Crippen LogP contribution in [-0.4, -0.2) is 31.9 Å². The molecule has 1 aliphatic rings. The van der Waals surface area contributed by atoms with Crippen LogP contribution < -0.4 is 5.73 Å². The second kappa shape index (κ2) is 6.46. The first-order valence-electron chi connectivity index (χ1n) is 7.68. The third-order valence-electron chi connectivity index (χ3n) is 4.76. The quantitative estimate of drug-likeness (QED) is 0.870. The predicted octanol–water partition coefficient (Wildman–Crippen LogP) is 2.67. The second-order valence-corrected chi connectivity index (χ2v) is 8.10. The molecule has 0 saturated heterocycles. The molecule has 5 heteroatoms. The molecule has 0 atom stereocenters. The number of sulfonamides is 1. The third-order valence-corrected chi connectivity index (χ3v) is 6.74. The fourth-order valence-electron chi connectivity index (χ4n) is 3.16. The third kappa shape index (κ3) is 3.30. The van der Waals surface area contributed by atoms with Gasteiger partial charge in [0.2, 0.25) is 10.0 Å². The lowest BCUT2D eigenvalue weighted by atomic mass is 9.90. The summed E-state index contributed by atoms with van der Waals surface area (Å²) in [6, 6.07) is 7.04. The molecular weight excluding hydrogens is 284 g/mol. The first-order valence-corrected chi connectivity index (χ1v) is 9.12. The molecule has 1 aromatic carbocycles. The van der Waals surface area contributed by atoms with Crippen LogP contribution in [-0.2, 0) is 10.0 Å². The van der Waals surface area contributed by atoms with Crippen LogP contribution in [0.4, 0.5) is 0 Å². The summed E-state index contributed by atoms with van der Waals surface area (Å²) in [6.07, 6.45) is 6.13. The van der Waals surface area contributed by atoms with Crippen LogP contribution in [0.25, 0.3) is 0 Å². The Balaban J connectivity index is 2.35. The first kappa shape index (κ1) is 16.5. The molecule has 4 nitrogen and oxygen atoms in total. The molecule has 0 bridgehead atoms. The van der Waals surface area contributed by atoms with Crippen LogP contribution in [0.1, 0.15) is 44.1 Å². The Morgan fingerprint density at radius 2 is 1.62 bits per heavy atom. The fraction of sp³-hybridized carbons (Fsp3) is 0.625. The van der Waals surface area contributed by atoms with E-state index in [9.17, 15) is 8.42 Å². The van der Waals surface area contributed by atoms with Crippen molar-refractivity contribution < 1.29 is 8.42 Å². The lowest BCUT2D eigenvalue weighted by Gasteiger charge is -2.39. The van der Waals surface area contributed by atoms with Crippen LogP contribution in [0, 0.1) is 6.92 Å². The molecule has 1 aromatic rings. The van der Waals surface area contributed by atoms with E-state index in [0.717, 1.165) is 31.2 Å². The Hall–Kier alpha value is -0.910. The summed E-state index contributed by atoms with van der Waals surface area (Å²) in [7, 11) is -1.80. The Morgan fingerprint density at radius 3 is 2.10 bits per heavy atom. The van der Waals surface area contributed by atoms with Gasteiger partial charge in [0.25, 0.3) is 0 Å². The Labute approximate surface area is 128 Å². The SMILES string of the molecule is Cc1ccc(S(=O)(=O)N(C)C2(CN)CCCCCC2)cc1. The van der Waals surface area contributed by atoms with E-state index < -0.39 is 15.6 Å². The molecule has 1 aliphatic carbocycles. The normalized spacial score (nSPS) is 19.4. The first-order chi connectivity index (χ1) is 9.92. The van der Waals surface area contributed by atoms with Crippen molar-refractivity contribution in [1.82, 2.24) is 4.31 Å². The van der Waals surface area contributed by atoms with E-state index in [1.54, 1.807) is 19.2 Å². The molecule has 118 valence electrons.